The van der Waals surface area contributed by atoms with Crippen molar-refractivity contribution in [2.45, 2.75) is 58.1 Å². The molecule has 28 heavy (non-hydrogen) atoms. The predicted octanol–water partition coefficient (Wildman–Crippen LogP) is 1.45. The molecule has 1 aliphatic rings. The van der Waals surface area contributed by atoms with Gasteiger partial charge in [-0.05, 0) is 40.0 Å². The van der Waals surface area contributed by atoms with Crippen LogP contribution in [0.2, 0.25) is 0 Å². The highest BCUT2D eigenvalue weighted by Gasteiger charge is 2.24. The Labute approximate surface area is 165 Å². The molecule has 0 aliphatic carbocycles. The van der Waals surface area contributed by atoms with Gasteiger partial charge >= 0.3 is 6.09 Å². The third-order valence-electron chi connectivity index (χ3n) is 4.39. The van der Waals surface area contributed by atoms with Crippen molar-refractivity contribution in [3.63, 3.8) is 0 Å². The summed E-state index contributed by atoms with van der Waals surface area (Å²) in [6, 6.07) is 0.0607. The summed E-state index contributed by atoms with van der Waals surface area (Å²) in [5, 5.41) is 9.66. The topological polar surface area (TPSA) is 106 Å². The molecule has 1 aliphatic heterocycles. The number of alkyl carbamates (subject to hydrolysis) is 1. The largest absolute Gasteiger partial charge is 0.444 e. The number of carbonyl (C=O) groups is 3. The van der Waals surface area contributed by atoms with Gasteiger partial charge in [-0.2, -0.15) is 5.10 Å². The minimum Gasteiger partial charge on any atom is -0.444 e. The Kier molecular flexibility index (Phi) is 7.42. The molecule has 1 fully saturated rings. The van der Waals surface area contributed by atoms with Gasteiger partial charge < -0.3 is 20.3 Å². The maximum Gasteiger partial charge on any atom is 0.407 e. The molecule has 1 aromatic heterocycles. The lowest BCUT2D eigenvalue weighted by Crippen LogP contribution is -2.46. The van der Waals surface area contributed by atoms with Gasteiger partial charge in [-0.25, -0.2) is 4.79 Å². The van der Waals surface area contributed by atoms with Crippen molar-refractivity contribution in [2.75, 3.05) is 19.6 Å². The summed E-state index contributed by atoms with van der Waals surface area (Å²) in [4.78, 5) is 37.9. The number of hydrogen-bond acceptors (Lipinski definition) is 5. The van der Waals surface area contributed by atoms with Gasteiger partial charge in [0.05, 0.1) is 11.8 Å². The Morgan fingerprint density at radius 3 is 2.50 bits per heavy atom. The smallest absolute Gasteiger partial charge is 0.407 e. The number of aryl methyl sites for hydroxylation is 1. The van der Waals surface area contributed by atoms with Crippen molar-refractivity contribution >= 4 is 17.9 Å². The summed E-state index contributed by atoms with van der Waals surface area (Å²) in [7, 11) is 1.77. The second-order valence-corrected chi connectivity index (χ2v) is 8.06. The van der Waals surface area contributed by atoms with Crippen LogP contribution in [0.5, 0.6) is 0 Å². The van der Waals surface area contributed by atoms with Gasteiger partial charge in [-0.15, -0.1) is 0 Å². The summed E-state index contributed by atoms with van der Waals surface area (Å²) < 4.78 is 6.74. The first-order chi connectivity index (χ1) is 13.1. The molecule has 9 heteroatoms. The van der Waals surface area contributed by atoms with Crippen molar-refractivity contribution in [3.05, 3.63) is 18.0 Å². The zero-order valence-corrected chi connectivity index (χ0v) is 17.2. The SMILES string of the molecule is Cn1cc(C(=O)NC2CCN(C(=O)CCCNC(=O)OC(C)(C)C)CC2)cn1. The van der Waals surface area contributed by atoms with Gasteiger partial charge in [0.25, 0.3) is 5.91 Å². The van der Waals surface area contributed by atoms with E-state index in [0.717, 1.165) is 12.8 Å². The van der Waals surface area contributed by atoms with E-state index >= 15 is 0 Å². The lowest BCUT2D eigenvalue weighted by atomic mass is 10.0. The van der Waals surface area contributed by atoms with E-state index in [1.807, 2.05) is 4.90 Å². The molecule has 0 atom stereocenters. The lowest BCUT2D eigenvalue weighted by Gasteiger charge is -2.32. The third kappa shape index (κ3) is 7.21. The van der Waals surface area contributed by atoms with E-state index in [1.54, 1.807) is 44.9 Å². The van der Waals surface area contributed by atoms with Crippen LogP contribution in [-0.4, -0.2) is 63.9 Å². The summed E-state index contributed by atoms with van der Waals surface area (Å²) >= 11 is 0. The molecule has 2 heterocycles. The van der Waals surface area contributed by atoms with E-state index in [1.165, 1.54) is 0 Å². The Morgan fingerprint density at radius 2 is 1.93 bits per heavy atom. The van der Waals surface area contributed by atoms with Crippen LogP contribution in [-0.2, 0) is 16.6 Å². The standard InChI is InChI=1S/C19H31N5O4/c1-19(2,3)28-18(27)20-9-5-6-16(25)24-10-7-15(8-11-24)22-17(26)14-12-21-23(4)13-14/h12-13,15H,5-11H2,1-4H3,(H,20,27)(H,22,26). The highest BCUT2D eigenvalue weighted by atomic mass is 16.6. The molecular formula is C19H31N5O4. The van der Waals surface area contributed by atoms with Crippen molar-refractivity contribution < 1.29 is 19.1 Å². The van der Waals surface area contributed by atoms with Crippen LogP contribution in [0.3, 0.4) is 0 Å². The predicted molar refractivity (Wildman–Crippen MR) is 104 cm³/mol. The Hall–Kier alpha value is -2.58. The number of nitrogens with zero attached hydrogens (tertiary/aromatic N) is 3. The molecule has 1 saturated heterocycles. The minimum absolute atomic E-state index is 0.0607. The number of piperidine rings is 1. The van der Waals surface area contributed by atoms with E-state index in [0.29, 0.717) is 38.0 Å². The van der Waals surface area contributed by atoms with Crippen LogP contribution < -0.4 is 10.6 Å². The molecule has 0 aromatic carbocycles. The van der Waals surface area contributed by atoms with E-state index in [-0.39, 0.29) is 17.9 Å². The van der Waals surface area contributed by atoms with Crippen LogP contribution >= 0.6 is 0 Å². The van der Waals surface area contributed by atoms with Crippen molar-refractivity contribution in [1.82, 2.24) is 25.3 Å². The number of carbonyl (C=O) groups excluding carboxylic acids is 3. The van der Waals surface area contributed by atoms with Gasteiger partial charge in [0.15, 0.2) is 0 Å². The minimum atomic E-state index is -0.531. The first kappa shape index (κ1) is 21.7. The maximum absolute atomic E-state index is 12.3. The fourth-order valence-electron chi connectivity index (χ4n) is 2.98. The number of aromatic nitrogens is 2. The van der Waals surface area contributed by atoms with E-state index < -0.39 is 11.7 Å². The molecule has 0 saturated carbocycles. The molecule has 9 nitrogen and oxygen atoms in total. The van der Waals surface area contributed by atoms with Gasteiger partial charge in [-0.3, -0.25) is 14.3 Å². The molecule has 2 rings (SSSR count). The molecule has 0 spiro atoms. The van der Waals surface area contributed by atoms with Crippen LogP contribution in [0, 0.1) is 0 Å². The Balaban J connectivity index is 1.62. The van der Waals surface area contributed by atoms with Crippen LogP contribution in [0.1, 0.15) is 56.8 Å². The van der Waals surface area contributed by atoms with Crippen LogP contribution in [0.4, 0.5) is 4.79 Å². The Bertz CT molecular complexity index is 687. The number of likely N-dealkylation sites (tertiary alicyclic amines) is 1. The first-order valence-corrected chi connectivity index (χ1v) is 9.68. The van der Waals surface area contributed by atoms with Gasteiger partial charge in [0, 0.05) is 45.3 Å². The van der Waals surface area contributed by atoms with Crippen molar-refractivity contribution in [3.8, 4) is 0 Å². The molecule has 0 radical (unpaired) electrons. The molecule has 1 aromatic rings. The number of nitrogens with one attached hydrogen (secondary N) is 2. The monoisotopic (exact) mass is 393 g/mol. The fraction of sp³-hybridized carbons (Fsp3) is 0.684. The molecule has 0 bridgehead atoms. The molecular weight excluding hydrogens is 362 g/mol. The van der Waals surface area contributed by atoms with E-state index in [4.69, 9.17) is 4.74 Å². The second-order valence-electron chi connectivity index (χ2n) is 8.06. The lowest BCUT2D eigenvalue weighted by molar-refractivity contribution is -0.132. The van der Waals surface area contributed by atoms with Gasteiger partial charge in [0.1, 0.15) is 5.60 Å². The second kappa shape index (κ2) is 9.57. The summed E-state index contributed by atoms with van der Waals surface area (Å²) in [5.74, 6) is -0.0610. The van der Waals surface area contributed by atoms with E-state index in [9.17, 15) is 14.4 Å². The molecule has 0 unspecified atom stereocenters. The summed E-state index contributed by atoms with van der Waals surface area (Å²) in [6.07, 6.45) is 5.16. The molecule has 2 N–H and O–H groups in total. The van der Waals surface area contributed by atoms with Crippen LogP contribution in [0.15, 0.2) is 12.4 Å². The van der Waals surface area contributed by atoms with Crippen molar-refractivity contribution in [1.29, 1.82) is 0 Å². The summed E-state index contributed by atoms with van der Waals surface area (Å²) in [5.41, 5.74) is 0.00921. The van der Waals surface area contributed by atoms with Crippen molar-refractivity contribution in [2.24, 2.45) is 7.05 Å². The van der Waals surface area contributed by atoms with Gasteiger partial charge in [0.2, 0.25) is 5.91 Å². The highest BCUT2D eigenvalue weighted by Crippen LogP contribution is 2.13. The number of rotatable bonds is 6. The maximum atomic E-state index is 12.3. The third-order valence-corrected chi connectivity index (χ3v) is 4.39. The quantitative estimate of drug-likeness (QED) is 0.712. The average Bonchev–Trinajstić information content (AvgIpc) is 3.04. The molecule has 3 amide bonds. The number of amides is 3. The average molecular weight is 393 g/mol. The summed E-state index contributed by atoms with van der Waals surface area (Å²) in [6.45, 7) is 7.06. The normalized spacial score (nSPS) is 15.2. The van der Waals surface area contributed by atoms with E-state index in [2.05, 4.69) is 15.7 Å². The number of ether oxygens (including phenoxy) is 1. The highest BCUT2D eigenvalue weighted by molar-refractivity contribution is 5.93. The molecule has 156 valence electrons. The zero-order chi connectivity index (χ0) is 20.7. The Morgan fingerprint density at radius 1 is 1.25 bits per heavy atom. The zero-order valence-electron chi connectivity index (χ0n) is 17.2. The number of hydrogen-bond donors (Lipinski definition) is 2. The fourth-order valence-corrected chi connectivity index (χ4v) is 2.98. The van der Waals surface area contributed by atoms with Crippen LogP contribution in [0.25, 0.3) is 0 Å². The first-order valence-electron chi connectivity index (χ1n) is 9.68. The van der Waals surface area contributed by atoms with Gasteiger partial charge in [-0.1, -0.05) is 0 Å².